The Bertz CT molecular complexity index is 672. The molecule has 0 N–H and O–H groups in total. The van der Waals surface area contributed by atoms with Gasteiger partial charge in [0, 0.05) is 36.1 Å². The van der Waals surface area contributed by atoms with E-state index in [1.54, 1.807) is 6.08 Å². The number of hydrogen-bond donors (Lipinski definition) is 0. The molecule has 2 rings (SSSR count). The van der Waals surface area contributed by atoms with Crippen molar-refractivity contribution in [2.24, 2.45) is 0 Å². The molecule has 0 saturated heterocycles. The van der Waals surface area contributed by atoms with Crippen LogP contribution in [0.5, 0.6) is 0 Å². The highest BCUT2D eigenvalue weighted by atomic mass is 35.5. The molecular formula is C20H21Cl2NO. The van der Waals surface area contributed by atoms with E-state index >= 15 is 0 Å². The first-order chi connectivity index (χ1) is 11.6. The van der Waals surface area contributed by atoms with Gasteiger partial charge < -0.3 is 4.90 Å². The molecule has 0 radical (unpaired) electrons. The summed E-state index contributed by atoms with van der Waals surface area (Å²) in [6.07, 6.45) is 3.44. The third-order valence-electron chi connectivity index (χ3n) is 3.73. The zero-order valence-electron chi connectivity index (χ0n) is 13.7. The van der Waals surface area contributed by atoms with Crippen LogP contribution in [0.4, 0.5) is 5.69 Å². The normalized spacial score (nSPS) is 11.0. The van der Waals surface area contributed by atoms with Crippen LogP contribution < -0.4 is 4.90 Å². The molecular weight excluding hydrogens is 341 g/mol. The first-order valence-corrected chi connectivity index (χ1v) is 8.97. The highest BCUT2D eigenvalue weighted by Crippen LogP contribution is 2.17. The standard InChI is InChI=1S/C20H21Cl2NO/c1-16-2-7-18(8-3-16)20(24)11-6-17-4-9-19(10-5-17)23(14-12-21)15-13-22/h2-11H,12-15H2,1H3/b11-6+. The van der Waals surface area contributed by atoms with E-state index in [0.29, 0.717) is 17.3 Å². The van der Waals surface area contributed by atoms with E-state index < -0.39 is 0 Å². The van der Waals surface area contributed by atoms with Crippen molar-refractivity contribution in [1.29, 1.82) is 0 Å². The third-order valence-corrected chi connectivity index (χ3v) is 4.07. The number of halogens is 2. The Morgan fingerprint density at radius 3 is 2.08 bits per heavy atom. The van der Waals surface area contributed by atoms with Crippen molar-refractivity contribution >= 4 is 40.7 Å². The maximum atomic E-state index is 12.2. The van der Waals surface area contributed by atoms with Crippen molar-refractivity contribution in [3.63, 3.8) is 0 Å². The quantitative estimate of drug-likeness (QED) is 0.367. The molecule has 0 bridgehead atoms. The predicted molar refractivity (Wildman–Crippen MR) is 105 cm³/mol. The Hall–Kier alpha value is -1.77. The van der Waals surface area contributed by atoms with Gasteiger partial charge in [0.1, 0.15) is 0 Å². The molecule has 0 aromatic heterocycles. The maximum Gasteiger partial charge on any atom is 0.185 e. The summed E-state index contributed by atoms with van der Waals surface area (Å²) < 4.78 is 0. The molecule has 0 aliphatic heterocycles. The summed E-state index contributed by atoms with van der Waals surface area (Å²) in [6, 6.07) is 15.6. The fourth-order valence-electron chi connectivity index (χ4n) is 2.36. The highest BCUT2D eigenvalue weighted by Gasteiger charge is 2.05. The van der Waals surface area contributed by atoms with Gasteiger partial charge in [0.2, 0.25) is 0 Å². The lowest BCUT2D eigenvalue weighted by Gasteiger charge is -2.22. The summed E-state index contributed by atoms with van der Waals surface area (Å²) in [6.45, 7) is 3.52. The number of hydrogen-bond acceptors (Lipinski definition) is 2. The smallest absolute Gasteiger partial charge is 0.185 e. The molecule has 0 unspecified atom stereocenters. The average molecular weight is 362 g/mol. The van der Waals surface area contributed by atoms with Gasteiger partial charge in [-0.2, -0.15) is 0 Å². The molecule has 0 fully saturated rings. The summed E-state index contributed by atoms with van der Waals surface area (Å²) in [5, 5.41) is 0. The Morgan fingerprint density at radius 1 is 0.958 bits per heavy atom. The first kappa shape index (κ1) is 18.6. The number of anilines is 1. The summed E-state index contributed by atoms with van der Waals surface area (Å²) in [5.41, 5.74) is 3.91. The van der Waals surface area contributed by atoms with Gasteiger partial charge in [0.25, 0.3) is 0 Å². The fraction of sp³-hybridized carbons (Fsp3) is 0.250. The first-order valence-electron chi connectivity index (χ1n) is 7.90. The lowest BCUT2D eigenvalue weighted by Crippen LogP contribution is -2.27. The van der Waals surface area contributed by atoms with Crippen LogP contribution in [0.3, 0.4) is 0 Å². The van der Waals surface area contributed by atoms with Gasteiger partial charge in [-0.15, -0.1) is 23.2 Å². The van der Waals surface area contributed by atoms with Gasteiger partial charge in [-0.1, -0.05) is 48.0 Å². The van der Waals surface area contributed by atoms with Crippen molar-refractivity contribution in [3.05, 3.63) is 71.3 Å². The minimum Gasteiger partial charge on any atom is -0.369 e. The maximum absolute atomic E-state index is 12.2. The number of alkyl halides is 2. The van der Waals surface area contributed by atoms with Crippen LogP contribution in [-0.2, 0) is 0 Å². The number of rotatable bonds is 8. The van der Waals surface area contributed by atoms with Crippen molar-refractivity contribution in [2.75, 3.05) is 29.7 Å². The van der Waals surface area contributed by atoms with Crippen LogP contribution in [0.2, 0.25) is 0 Å². The van der Waals surface area contributed by atoms with Gasteiger partial charge in [-0.25, -0.2) is 0 Å². The molecule has 0 heterocycles. The zero-order valence-corrected chi connectivity index (χ0v) is 15.2. The lowest BCUT2D eigenvalue weighted by molar-refractivity contribution is 0.104. The largest absolute Gasteiger partial charge is 0.369 e. The van der Waals surface area contributed by atoms with Crippen LogP contribution in [0.1, 0.15) is 21.5 Å². The number of carbonyl (C=O) groups is 1. The van der Waals surface area contributed by atoms with Crippen molar-refractivity contribution < 1.29 is 4.79 Å². The average Bonchev–Trinajstić information content (AvgIpc) is 2.60. The van der Waals surface area contributed by atoms with Crippen LogP contribution in [-0.4, -0.2) is 30.6 Å². The fourth-order valence-corrected chi connectivity index (χ4v) is 2.76. The SMILES string of the molecule is Cc1ccc(C(=O)/C=C/c2ccc(N(CCCl)CCCl)cc2)cc1. The van der Waals surface area contributed by atoms with Gasteiger partial charge in [0.05, 0.1) is 0 Å². The van der Waals surface area contributed by atoms with E-state index in [0.717, 1.165) is 29.9 Å². The van der Waals surface area contributed by atoms with Gasteiger partial charge in [-0.3, -0.25) is 4.79 Å². The molecule has 24 heavy (non-hydrogen) atoms. The second kappa shape index (κ2) is 9.51. The molecule has 2 aromatic carbocycles. The van der Waals surface area contributed by atoms with E-state index in [1.165, 1.54) is 0 Å². The van der Waals surface area contributed by atoms with Crippen LogP contribution in [0.25, 0.3) is 6.08 Å². The second-order valence-electron chi connectivity index (χ2n) is 5.52. The molecule has 126 valence electrons. The summed E-state index contributed by atoms with van der Waals surface area (Å²) in [4.78, 5) is 14.3. The second-order valence-corrected chi connectivity index (χ2v) is 6.28. The summed E-state index contributed by atoms with van der Waals surface area (Å²) >= 11 is 11.7. The Kier molecular flexibility index (Phi) is 7.36. The zero-order chi connectivity index (χ0) is 17.4. The minimum atomic E-state index is 0.00461. The van der Waals surface area contributed by atoms with Gasteiger partial charge in [-0.05, 0) is 30.7 Å². The summed E-state index contributed by atoms with van der Waals surface area (Å²) in [5.74, 6) is 1.12. The van der Waals surface area contributed by atoms with Crippen LogP contribution in [0.15, 0.2) is 54.6 Å². The monoisotopic (exact) mass is 361 g/mol. The highest BCUT2D eigenvalue weighted by molar-refractivity contribution is 6.18. The van der Waals surface area contributed by atoms with Gasteiger partial charge >= 0.3 is 0 Å². The minimum absolute atomic E-state index is 0.00461. The number of aryl methyl sites for hydroxylation is 1. The van der Waals surface area contributed by atoms with Crippen LogP contribution >= 0.6 is 23.2 Å². The number of benzene rings is 2. The summed E-state index contributed by atoms with van der Waals surface area (Å²) in [7, 11) is 0. The number of carbonyl (C=O) groups excluding carboxylic acids is 1. The molecule has 0 amide bonds. The Labute approximate surface area is 153 Å². The van der Waals surface area contributed by atoms with Crippen molar-refractivity contribution in [3.8, 4) is 0 Å². The van der Waals surface area contributed by atoms with E-state index in [2.05, 4.69) is 4.90 Å². The van der Waals surface area contributed by atoms with Crippen LogP contribution in [0, 0.1) is 6.92 Å². The molecule has 2 nitrogen and oxygen atoms in total. The number of allylic oxidation sites excluding steroid dienone is 1. The number of nitrogens with zero attached hydrogens (tertiary/aromatic N) is 1. The van der Waals surface area contributed by atoms with E-state index in [9.17, 15) is 4.79 Å². The van der Waals surface area contributed by atoms with E-state index in [-0.39, 0.29) is 5.78 Å². The molecule has 0 aliphatic carbocycles. The molecule has 0 atom stereocenters. The van der Waals surface area contributed by atoms with Crippen molar-refractivity contribution in [2.45, 2.75) is 6.92 Å². The molecule has 0 spiro atoms. The Balaban J connectivity index is 2.04. The lowest BCUT2D eigenvalue weighted by atomic mass is 10.1. The molecule has 0 saturated carbocycles. The topological polar surface area (TPSA) is 20.3 Å². The predicted octanol–water partition coefficient (Wildman–Crippen LogP) is 5.18. The third kappa shape index (κ3) is 5.40. The molecule has 0 aliphatic rings. The number of ketones is 1. The van der Waals surface area contributed by atoms with E-state index in [4.69, 9.17) is 23.2 Å². The Morgan fingerprint density at radius 2 is 1.54 bits per heavy atom. The molecule has 2 aromatic rings. The molecule has 4 heteroatoms. The van der Waals surface area contributed by atoms with E-state index in [1.807, 2.05) is 61.5 Å². The van der Waals surface area contributed by atoms with Gasteiger partial charge in [0.15, 0.2) is 5.78 Å². The van der Waals surface area contributed by atoms with Crippen molar-refractivity contribution in [1.82, 2.24) is 0 Å².